The van der Waals surface area contributed by atoms with Gasteiger partial charge in [0.2, 0.25) is 10.4 Å². The summed E-state index contributed by atoms with van der Waals surface area (Å²) in [7, 11) is 2.68. The third-order valence-electron chi connectivity index (χ3n) is 9.05. The van der Waals surface area contributed by atoms with Crippen molar-refractivity contribution < 1.29 is 40.7 Å². The van der Waals surface area contributed by atoms with Gasteiger partial charge < -0.3 is 18.5 Å². The van der Waals surface area contributed by atoms with Gasteiger partial charge in [0.05, 0.1) is 41.2 Å². The Kier molecular flexibility index (Phi) is 38.8. The van der Waals surface area contributed by atoms with Crippen molar-refractivity contribution in [3.63, 3.8) is 0 Å². The van der Waals surface area contributed by atoms with Crippen molar-refractivity contribution in [3.8, 4) is 0 Å². The number of esters is 2. The molecule has 0 fully saturated rings. The molecule has 0 amide bonds. The Balaban J connectivity index is 0. The normalized spacial score (nSPS) is 12.1. The maximum Gasteiger partial charge on any atom is 0.308 e. The zero-order chi connectivity index (χ0) is 39.9. The van der Waals surface area contributed by atoms with Gasteiger partial charge in [0.25, 0.3) is 6.29 Å². The van der Waals surface area contributed by atoms with E-state index in [-0.39, 0.29) is 11.9 Å². The first-order valence-electron chi connectivity index (χ1n) is 21.3. The standard InChI is InChI=1S/C42H80NO4.CH4O4S/c1-6-8-10-12-14-16-18-20-22-24-26-28-30-32-34-36-40(44)46-42(38-39-43(3,4)5)47-41(45)37-35-33-31-29-27-25-23-21-19-17-15-13-11-9-7-2;1-5-6(2,3)4/h20-23,42H,6-19,24-39H2,1-5H3;1H3,(H,2,3,4)/q+1;/p-1/b22-20-,23-21-;. The van der Waals surface area contributed by atoms with Gasteiger partial charge in [0.1, 0.15) is 0 Å². The van der Waals surface area contributed by atoms with Crippen LogP contribution in [0.3, 0.4) is 0 Å². The molecular weight excluding hydrogens is 691 g/mol. The number of hydrogen-bond donors (Lipinski definition) is 0. The summed E-state index contributed by atoms with van der Waals surface area (Å²) in [6, 6.07) is 0. The average molecular weight is 774 g/mol. The molecule has 53 heavy (non-hydrogen) atoms. The lowest BCUT2D eigenvalue weighted by Gasteiger charge is -2.26. The molecule has 0 radical (unpaired) electrons. The second kappa shape index (κ2) is 38.5. The molecule has 0 saturated carbocycles. The maximum atomic E-state index is 12.6. The quantitative estimate of drug-likeness (QED) is 0.0117. The first kappa shape index (κ1) is 53.4. The molecule has 0 aromatic carbocycles. The predicted octanol–water partition coefficient (Wildman–Crippen LogP) is 11.7. The van der Waals surface area contributed by atoms with Crippen LogP contribution in [0.2, 0.25) is 0 Å². The van der Waals surface area contributed by atoms with Crippen molar-refractivity contribution in [2.45, 2.75) is 206 Å². The third kappa shape index (κ3) is 48.2. The molecule has 0 heterocycles. The van der Waals surface area contributed by atoms with Crippen LogP contribution in [0.4, 0.5) is 0 Å². The second-order valence-corrected chi connectivity index (χ2v) is 16.6. The van der Waals surface area contributed by atoms with Crippen LogP contribution in [0, 0.1) is 0 Å². The Morgan fingerprint density at radius 2 is 0.830 bits per heavy atom. The van der Waals surface area contributed by atoms with Gasteiger partial charge in [-0.15, -0.1) is 0 Å². The lowest BCUT2D eigenvalue weighted by atomic mass is 10.1. The van der Waals surface area contributed by atoms with E-state index >= 15 is 0 Å². The summed E-state index contributed by atoms with van der Waals surface area (Å²) in [5.41, 5.74) is 0. The molecule has 0 unspecified atom stereocenters. The Hall–Kier alpha value is -1.75. The van der Waals surface area contributed by atoms with E-state index < -0.39 is 16.7 Å². The molecule has 0 aliphatic rings. The highest BCUT2D eigenvalue weighted by Crippen LogP contribution is 2.15. The smallest absolute Gasteiger partial charge is 0.308 e. The van der Waals surface area contributed by atoms with Crippen molar-refractivity contribution in [1.29, 1.82) is 0 Å². The van der Waals surface area contributed by atoms with Crippen LogP contribution in [0.25, 0.3) is 0 Å². The highest BCUT2D eigenvalue weighted by molar-refractivity contribution is 7.80. The highest BCUT2D eigenvalue weighted by Gasteiger charge is 2.22. The Morgan fingerprint density at radius 3 is 1.11 bits per heavy atom. The number of quaternary nitrogens is 1. The second-order valence-electron chi connectivity index (χ2n) is 15.5. The molecule has 0 bridgehead atoms. The number of ether oxygens (including phenoxy) is 2. The number of carbonyl (C=O) groups excluding carboxylic acids is 2. The molecule has 314 valence electrons. The van der Waals surface area contributed by atoms with Crippen LogP contribution >= 0.6 is 0 Å². The lowest BCUT2D eigenvalue weighted by Crippen LogP contribution is -2.38. The summed E-state index contributed by atoms with van der Waals surface area (Å²) >= 11 is 0. The van der Waals surface area contributed by atoms with Gasteiger partial charge in [-0.25, -0.2) is 8.42 Å². The topological polar surface area (TPSA) is 119 Å². The van der Waals surface area contributed by atoms with Gasteiger partial charge >= 0.3 is 11.9 Å². The molecular formula is C43H83NO8S. The van der Waals surface area contributed by atoms with Crippen molar-refractivity contribution in [2.24, 2.45) is 0 Å². The van der Waals surface area contributed by atoms with Gasteiger partial charge in [-0.1, -0.05) is 141 Å². The summed E-state index contributed by atoms with van der Waals surface area (Å²) < 4.78 is 43.1. The molecule has 0 aromatic heterocycles. The van der Waals surface area contributed by atoms with Gasteiger partial charge in [-0.05, 0) is 64.2 Å². The summed E-state index contributed by atoms with van der Waals surface area (Å²) in [5.74, 6) is -0.495. The molecule has 0 spiro atoms. The number of hydrogen-bond acceptors (Lipinski definition) is 8. The van der Waals surface area contributed by atoms with Crippen LogP contribution in [0.15, 0.2) is 24.3 Å². The Labute approximate surface area is 327 Å². The van der Waals surface area contributed by atoms with Gasteiger partial charge in [-0.2, -0.15) is 0 Å². The van der Waals surface area contributed by atoms with E-state index in [1.165, 1.54) is 116 Å². The first-order valence-corrected chi connectivity index (χ1v) is 22.7. The van der Waals surface area contributed by atoms with Crippen molar-refractivity contribution >= 4 is 22.3 Å². The van der Waals surface area contributed by atoms with Crippen molar-refractivity contribution in [3.05, 3.63) is 24.3 Å². The minimum Gasteiger partial charge on any atom is -0.726 e. The molecule has 10 heteroatoms. The molecule has 9 nitrogen and oxygen atoms in total. The Bertz CT molecular complexity index is 937. The number of allylic oxidation sites excluding steroid dienone is 4. The van der Waals surface area contributed by atoms with Crippen LogP contribution in [-0.4, -0.2) is 70.5 Å². The number of unbranched alkanes of at least 4 members (excludes halogenated alkanes) is 22. The summed E-state index contributed by atoms with van der Waals surface area (Å²) in [6.45, 7) is 5.30. The number of nitrogens with zero attached hydrogens (tertiary/aromatic N) is 1. The van der Waals surface area contributed by atoms with Gasteiger partial charge in [0.15, 0.2) is 0 Å². The minimum atomic E-state index is -4.41. The SMILES string of the molecule is CCCCCCCC/C=C\CCCCCCCC(=O)OC(CC[N+](C)(C)C)OC(=O)CCCCCCC/C=C\CCCCCCCC.COS(=O)(=O)[O-]. The van der Waals surface area contributed by atoms with E-state index in [2.05, 4.69) is 63.5 Å². The average Bonchev–Trinajstić information content (AvgIpc) is 3.10. The first-order chi connectivity index (χ1) is 25.3. The minimum absolute atomic E-state index is 0.247. The van der Waals surface area contributed by atoms with E-state index in [4.69, 9.17) is 9.47 Å². The van der Waals surface area contributed by atoms with Gasteiger partial charge in [-0.3, -0.25) is 13.8 Å². The Morgan fingerprint density at radius 1 is 0.547 bits per heavy atom. The highest BCUT2D eigenvalue weighted by atomic mass is 32.3. The van der Waals surface area contributed by atoms with E-state index in [9.17, 15) is 22.6 Å². The van der Waals surface area contributed by atoms with Crippen LogP contribution in [-0.2, 0) is 33.6 Å². The van der Waals surface area contributed by atoms with Crippen LogP contribution < -0.4 is 0 Å². The fourth-order valence-corrected chi connectivity index (χ4v) is 5.73. The van der Waals surface area contributed by atoms with Crippen LogP contribution in [0.5, 0.6) is 0 Å². The third-order valence-corrected chi connectivity index (χ3v) is 9.46. The van der Waals surface area contributed by atoms with E-state index in [1.807, 2.05) is 0 Å². The molecule has 0 aliphatic carbocycles. The molecule has 0 rings (SSSR count). The molecule has 0 atom stereocenters. The lowest BCUT2D eigenvalue weighted by molar-refractivity contribution is -0.871. The summed E-state index contributed by atoms with van der Waals surface area (Å²) in [5, 5.41) is 0. The maximum absolute atomic E-state index is 12.6. The monoisotopic (exact) mass is 774 g/mol. The summed E-state index contributed by atoms with van der Waals surface area (Å²) in [6.07, 6.45) is 41.9. The van der Waals surface area contributed by atoms with E-state index in [1.54, 1.807) is 0 Å². The zero-order valence-electron chi connectivity index (χ0n) is 35.2. The fraction of sp³-hybridized carbons (Fsp3) is 0.860. The van der Waals surface area contributed by atoms with E-state index in [0.717, 1.165) is 69.5 Å². The number of carbonyl (C=O) groups is 2. The largest absolute Gasteiger partial charge is 0.726 e. The predicted molar refractivity (Wildman–Crippen MR) is 219 cm³/mol. The molecule has 0 aromatic rings. The molecule has 0 aliphatic heterocycles. The fourth-order valence-electron chi connectivity index (χ4n) is 5.73. The van der Waals surface area contributed by atoms with Crippen LogP contribution in [0.1, 0.15) is 200 Å². The summed E-state index contributed by atoms with van der Waals surface area (Å²) in [4.78, 5) is 25.1. The van der Waals surface area contributed by atoms with E-state index in [0.29, 0.717) is 19.3 Å². The zero-order valence-corrected chi connectivity index (χ0v) is 36.0. The molecule has 0 saturated heterocycles. The molecule has 0 N–H and O–H groups in total. The number of rotatable bonds is 36. The van der Waals surface area contributed by atoms with Crippen molar-refractivity contribution in [1.82, 2.24) is 0 Å². The van der Waals surface area contributed by atoms with Crippen molar-refractivity contribution in [2.75, 3.05) is 34.8 Å². The van der Waals surface area contributed by atoms with Gasteiger partial charge in [0, 0.05) is 12.8 Å².